The first-order valence-electron chi connectivity index (χ1n) is 8.21. The third-order valence-electron chi connectivity index (χ3n) is 3.89. The molecular weight excluding hydrogens is 411 g/mol. The topological polar surface area (TPSA) is 32.5 Å². The summed E-state index contributed by atoms with van der Waals surface area (Å²) in [5.74, 6) is -0.319. The molecule has 1 atom stereocenters. The van der Waals surface area contributed by atoms with Crippen LogP contribution in [0.15, 0.2) is 22.7 Å². The number of ether oxygens (including phenoxy) is 1. The third kappa shape index (κ3) is 5.76. The first kappa shape index (κ1) is 20.3. The van der Waals surface area contributed by atoms with Crippen molar-refractivity contribution < 1.29 is 18.5 Å². The Hall–Kier alpha value is -0.980. The number of hydrogen-bond donors (Lipinski definition) is 0. The normalized spacial score (nSPS) is 17.6. The van der Waals surface area contributed by atoms with Crippen molar-refractivity contribution in [2.75, 3.05) is 26.2 Å². The van der Waals surface area contributed by atoms with E-state index in [2.05, 4.69) is 20.8 Å². The molecule has 25 heavy (non-hydrogen) atoms. The van der Waals surface area contributed by atoms with Gasteiger partial charge in [-0.25, -0.2) is 4.39 Å². The van der Waals surface area contributed by atoms with Gasteiger partial charge in [-0.1, -0.05) is 6.07 Å². The summed E-state index contributed by atoms with van der Waals surface area (Å²) < 4.78 is 21.2. The Morgan fingerprint density at radius 3 is 2.72 bits per heavy atom. The number of carbonyl (C=O) groups is 1. The van der Waals surface area contributed by atoms with Crippen LogP contribution in [-0.2, 0) is 4.74 Å². The number of alkyl halides is 1. The van der Waals surface area contributed by atoms with Gasteiger partial charge in [0.15, 0.2) is 12.3 Å². The van der Waals surface area contributed by atoms with Gasteiger partial charge in [-0.05, 0) is 54.4 Å². The van der Waals surface area contributed by atoms with Gasteiger partial charge in [0.05, 0.1) is 22.9 Å². The SMILES string of the molecule is CC1=[N+](C(=O)OC(C)(C)C)CCN(CC(Cl)c2ccc(Br)c(F)c2)C1. The molecule has 0 aliphatic carbocycles. The lowest BCUT2D eigenvalue weighted by Crippen LogP contribution is -2.47. The van der Waals surface area contributed by atoms with Crippen LogP contribution in [0.4, 0.5) is 9.18 Å². The van der Waals surface area contributed by atoms with Crippen molar-refractivity contribution in [1.29, 1.82) is 0 Å². The van der Waals surface area contributed by atoms with E-state index in [1.807, 2.05) is 33.8 Å². The summed E-state index contributed by atoms with van der Waals surface area (Å²) >= 11 is 9.60. The smallest absolute Gasteiger partial charge is 0.406 e. The van der Waals surface area contributed by atoms with Gasteiger partial charge >= 0.3 is 6.09 Å². The van der Waals surface area contributed by atoms with E-state index in [4.69, 9.17) is 16.3 Å². The highest BCUT2D eigenvalue weighted by Crippen LogP contribution is 2.26. The van der Waals surface area contributed by atoms with Gasteiger partial charge in [-0.3, -0.25) is 4.90 Å². The number of halogens is 3. The van der Waals surface area contributed by atoms with Gasteiger partial charge in [0.25, 0.3) is 0 Å². The van der Waals surface area contributed by atoms with Crippen molar-refractivity contribution in [1.82, 2.24) is 4.90 Å². The molecule has 2 rings (SSSR count). The Labute approximate surface area is 161 Å². The van der Waals surface area contributed by atoms with E-state index in [1.165, 1.54) is 6.07 Å². The molecule has 0 N–H and O–H groups in total. The van der Waals surface area contributed by atoms with Crippen LogP contribution in [0.1, 0.15) is 38.6 Å². The molecule has 0 radical (unpaired) electrons. The quantitative estimate of drug-likeness (QED) is 0.515. The molecular formula is C18H24BrClFN2O2+. The third-order valence-corrected chi connectivity index (χ3v) is 4.92. The number of rotatable bonds is 3. The average Bonchev–Trinajstić information content (AvgIpc) is 2.48. The zero-order valence-corrected chi connectivity index (χ0v) is 17.3. The van der Waals surface area contributed by atoms with Crippen molar-refractivity contribution in [3.63, 3.8) is 0 Å². The fourth-order valence-corrected chi connectivity index (χ4v) is 3.26. The largest absolute Gasteiger partial charge is 0.596 e. The molecule has 7 heteroatoms. The highest BCUT2D eigenvalue weighted by Gasteiger charge is 2.33. The maximum absolute atomic E-state index is 13.7. The molecule has 1 amide bonds. The van der Waals surface area contributed by atoms with E-state index in [0.717, 1.165) is 11.3 Å². The fraction of sp³-hybridized carbons (Fsp3) is 0.556. The lowest BCUT2D eigenvalue weighted by atomic mass is 10.1. The molecule has 4 nitrogen and oxygen atoms in total. The Kier molecular flexibility index (Phi) is 6.62. The van der Waals surface area contributed by atoms with Gasteiger partial charge in [0, 0.05) is 13.5 Å². The Morgan fingerprint density at radius 1 is 1.48 bits per heavy atom. The molecule has 0 saturated heterocycles. The number of carbonyl (C=O) groups excluding carboxylic acids is 1. The van der Waals surface area contributed by atoms with Crippen molar-refractivity contribution in [2.24, 2.45) is 0 Å². The minimum atomic E-state index is -0.513. The van der Waals surface area contributed by atoms with Crippen LogP contribution >= 0.6 is 27.5 Å². The highest BCUT2D eigenvalue weighted by atomic mass is 79.9. The van der Waals surface area contributed by atoms with E-state index in [-0.39, 0.29) is 17.3 Å². The second-order valence-electron chi connectivity index (χ2n) is 7.24. The molecule has 1 aromatic rings. The van der Waals surface area contributed by atoms with Crippen LogP contribution in [0.5, 0.6) is 0 Å². The van der Waals surface area contributed by atoms with Crippen LogP contribution in [0.2, 0.25) is 0 Å². The number of hydrogen-bond acceptors (Lipinski definition) is 3. The monoisotopic (exact) mass is 433 g/mol. The van der Waals surface area contributed by atoms with Crippen LogP contribution in [0.3, 0.4) is 0 Å². The standard InChI is InChI=1S/C18H24BrClFN2O2/c1-12-10-22(7-8-23(12)17(24)25-18(2,3)4)11-15(20)13-5-6-14(19)16(21)9-13/h5-6,9,15H,7-8,10-11H2,1-4H3/q+1. The first-order valence-corrected chi connectivity index (χ1v) is 9.44. The molecule has 1 aromatic carbocycles. The minimum Gasteiger partial charge on any atom is -0.406 e. The summed E-state index contributed by atoms with van der Waals surface area (Å²) in [7, 11) is 0. The summed E-state index contributed by atoms with van der Waals surface area (Å²) in [5, 5.41) is -0.316. The Balaban J connectivity index is 2.00. The van der Waals surface area contributed by atoms with Crippen molar-refractivity contribution in [2.45, 2.75) is 38.7 Å². The zero-order valence-electron chi connectivity index (χ0n) is 15.0. The molecule has 1 aliphatic rings. The fourth-order valence-electron chi connectivity index (χ4n) is 2.68. The summed E-state index contributed by atoms with van der Waals surface area (Å²) in [6.07, 6.45) is -0.318. The van der Waals surface area contributed by atoms with Crippen molar-refractivity contribution >= 4 is 39.3 Å². The highest BCUT2D eigenvalue weighted by molar-refractivity contribution is 9.10. The maximum atomic E-state index is 13.7. The molecule has 0 saturated carbocycles. The molecule has 0 bridgehead atoms. The van der Waals surface area contributed by atoms with Crippen LogP contribution < -0.4 is 0 Å². The van der Waals surface area contributed by atoms with Crippen LogP contribution in [-0.4, -0.2) is 53.1 Å². The second-order valence-corrected chi connectivity index (χ2v) is 8.62. The lowest BCUT2D eigenvalue weighted by molar-refractivity contribution is -0.458. The maximum Gasteiger partial charge on any atom is 0.596 e. The van der Waals surface area contributed by atoms with Gasteiger partial charge in [-0.15, -0.1) is 16.2 Å². The van der Waals surface area contributed by atoms with Crippen LogP contribution in [0, 0.1) is 5.82 Å². The van der Waals surface area contributed by atoms with E-state index in [1.54, 1.807) is 10.6 Å². The van der Waals surface area contributed by atoms with Crippen LogP contribution in [0.25, 0.3) is 0 Å². The second kappa shape index (κ2) is 8.14. The Morgan fingerprint density at radius 2 is 2.16 bits per heavy atom. The van der Waals surface area contributed by atoms with Gasteiger partial charge in [-0.2, -0.15) is 4.79 Å². The minimum absolute atomic E-state index is 0.316. The molecule has 1 aliphatic heterocycles. The summed E-state index contributed by atoms with van der Waals surface area (Å²) in [6.45, 7) is 9.93. The molecule has 0 spiro atoms. The van der Waals surface area contributed by atoms with E-state index < -0.39 is 5.60 Å². The van der Waals surface area contributed by atoms with Gasteiger partial charge in [0.1, 0.15) is 11.4 Å². The zero-order chi connectivity index (χ0) is 18.8. The first-order chi connectivity index (χ1) is 11.6. The average molecular weight is 435 g/mol. The van der Waals surface area contributed by atoms with Gasteiger partial charge in [0.2, 0.25) is 0 Å². The molecule has 0 aromatic heterocycles. The predicted octanol–water partition coefficient (Wildman–Crippen LogP) is 4.59. The van der Waals surface area contributed by atoms with Crippen molar-refractivity contribution in [3.05, 3.63) is 34.1 Å². The number of nitrogens with zero attached hydrogens (tertiary/aromatic N) is 2. The van der Waals surface area contributed by atoms with E-state index >= 15 is 0 Å². The predicted molar refractivity (Wildman–Crippen MR) is 101 cm³/mol. The summed E-state index contributed by atoms with van der Waals surface area (Å²) in [6, 6.07) is 4.94. The molecule has 1 unspecified atom stereocenters. The van der Waals surface area contributed by atoms with E-state index in [0.29, 0.717) is 30.7 Å². The molecule has 1 heterocycles. The summed E-state index contributed by atoms with van der Waals surface area (Å²) in [4.78, 5) is 14.4. The molecule has 0 fully saturated rings. The lowest BCUT2D eigenvalue weighted by Gasteiger charge is -2.27. The molecule has 138 valence electrons. The number of amides is 1. The van der Waals surface area contributed by atoms with Crippen molar-refractivity contribution in [3.8, 4) is 0 Å². The van der Waals surface area contributed by atoms with E-state index in [9.17, 15) is 9.18 Å². The Bertz CT molecular complexity index is 688. The summed E-state index contributed by atoms with van der Waals surface area (Å²) in [5.41, 5.74) is 1.16. The van der Waals surface area contributed by atoms with Gasteiger partial charge < -0.3 is 4.74 Å². The number of benzene rings is 1.